The molecule has 5 N–H and O–H groups in total. The van der Waals surface area contributed by atoms with Gasteiger partial charge < -0.3 is 16.4 Å². The van der Waals surface area contributed by atoms with Gasteiger partial charge in [-0.15, -0.1) is 0 Å². The van der Waals surface area contributed by atoms with Gasteiger partial charge in [0.05, 0.1) is 0 Å². The maximum Gasteiger partial charge on any atom is 0.224 e. The van der Waals surface area contributed by atoms with Gasteiger partial charge in [-0.1, -0.05) is 6.07 Å². The molecule has 0 radical (unpaired) electrons. The molecule has 2 atom stereocenters. The molecule has 6 nitrogen and oxygen atoms in total. The average molecular weight is 275 g/mol. The number of nitrogens with one attached hydrogen (secondary N) is 3. The van der Waals surface area contributed by atoms with Crippen LogP contribution in [0.5, 0.6) is 0 Å². The van der Waals surface area contributed by atoms with E-state index in [4.69, 9.17) is 5.73 Å². The summed E-state index contributed by atoms with van der Waals surface area (Å²) in [5, 5.41) is 8.89. The second kappa shape index (κ2) is 5.92. The SMILES string of the molecule is Cc1ccc(N/C(N)=N/C2NC(=O)CC(C)N2)cc1C. The second-order valence-corrected chi connectivity index (χ2v) is 5.18. The van der Waals surface area contributed by atoms with Crippen LogP contribution in [0.15, 0.2) is 23.2 Å². The monoisotopic (exact) mass is 275 g/mol. The number of guanidine groups is 1. The van der Waals surface area contributed by atoms with E-state index in [9.17, 15) is 4.79 Å². The summed E-state index contributed by atoms with van der Waals surface area (Å²) in [5.74, 6) is 0.240. The summed E-state index contributed by atoms with van der Waals surface area (Å²) in [5.41, 5.74) is 9.15. The minimum absolute atomic E-state index is 0.0241. The Kier molecular flexibility index (Phi) is 4.24. The summed E-state index contributed by atoms with van der Waals surface area (Å²) in [6, 6.07) is 6.06. The van der Waals surface area contributed by atoms with Gasteiger partial charge in [-0.3, -0.25) is 10.1 Å². The van der Waals surface area contributed by atoms with Crippen LogP contribution in [0.3, 0.4) is 0 Å². The maximum atomic E-state index is 11.4. The number of carbonyl (C=O) groups is 1. The Morgan fingerprint density at radius 1 is 1.40 bits per heavy atom. The Balaban J connectivity index is 2.03. The van der Waals surface area contributed by atoms with E-state index >= 15 is 0 Å². The molecule has 108 valence electrons. The van der Waals surface area contributed by atoms with Crippen LogP contribution in [0.4, 0.5) is 5.69 Å². The summed E-state index contributed by atoms with van der Waals surface area (Å²) in [6.45, 7) is 6.03. The van der Waals surface area contributed by atoms with Crippen molar-refractivity contribution in [2.45, 2.75) is 39.5 Å². The highest BCUT2D eigenvalue weighted by molar-refractivity contribution is 5.92. The third-order valence-electron chi connectivity index (χ3n) is 3.28. The van der Waals surface area contributed by atoms with E-state index in [0.717, 1.165) is 5.69 Å². The lowest BCUT2D eigenvalue weighted by atomic mass is 10.1. The number of anilines is 1. The lowest BCUT2D eigenvalue weighted by Crippen LogP contribution is -2.55. The van der Waals surface area contributed by atoms with E-state index in [1.54, 1.807) is 0 Å². The number of nitrogens with two attached hydrogens (primary N) is 1. The van der Waals surface area contributed by atoms with Crippen LogP contribution >= 0.6 is 0 Å². The fourth-order valence-electron chi connectivity index (χ4n) is 2.07. The first-order chi connectivity index (χ1) is 9.44. The Labute approximate surface area is 118 Å². The first-order valence-corrected chi connectivity index (χ1v) is 6.67. The predicted octanol–water partition coefficient (Wildman–Crippen LogP) is 0.812. The van der Waals surface area contributed by atoms with Gasteiger partial charge in [-0.2, -0.15) is 0 Å². The molecule has 0 aliphatic carbocycles. The van der Waals surface area contributed by atoms with Crippen molar-refractivity contribution in [2.24, 2.45) is 10.7 Å². The molecule has 1 aliphatic heterocycles. The first kappa shape index (κ1) is 14.3. The molecule has 1 aromatic rings. The molecule has 1 amide bonds. The number of carbonyl (C=O) groups excluding carboxylic acids is 1. The highest BCUT2D eigenvalue weighted by atomic mass is 16.2. The van der Waals surface area contributed by atoms with Crippen molar-refractivity contribution in [1.82, 2.24) is 10.6 Å². The highest BCUT2D eigenvalue weighted by Crippen LogP contribution is 2.13. The van der Waals surface area contributed by atoms with Crippen LogP contribution in [0, 0.1) is 13.8 Å². The Morgan fingerprint density at radius 2 is 2.15 bits per heavy atom. The van der Waals surface area contributed by atoms with E-state index in [0.29, 0.717) is 6.42 Å². The Hall–Kier alpha value is -2.08. The van der Waals surface area contributed by atoms with Crippen LogP contribution in [0.2, 0.25) is 0 Å². The van der Waals surface area contributed by atoms with E-state index in [1.165, 1.54) is 11.1 Å². The molecule has 0 saturated carbocycles. The van der Waals surface area contributed by atoms with Gasteiger partial charge >= 0.3 is 0 Å². The van der Waals surface area contributed by atoms with Crippen LogP contribution in [-0.2, 0) is 4.79 Å². The lowest BCUT2D eigenvalue weighted by Gasteiger charge is -2.26. The molecule has 1 aliphatic rings. The number of aliphatic imine (C=N–C) groups is 1. The standard InChI is InChI=1S/C14H21N5O/c1-8-4-5-11(6-9(8)2)17-13(15)19-14-16-10(3)7-12(20)18-14/h4-6,10,14,16H,7H2,1-3H3,(H,18,20)(H3,15,17,19). The zero-order valence-corrected chi connectivity index (χ0v) is 12.0. The van der Waals surface area contributed by atoms with E-state index in [2.05, 4.69) is 27.9 Å². The van der Waals surface area contributed by atoms with Gasteiger partial charge in [0.2, 0.25) is 5.91 Å². The summed E-state index contributed by atoms with van der Waals surface area (Å²) in [4.78, 5) is 15.6. The third kappa shape index (κ3) is 3.71. The van der Waals surface area contributed by atoms with Crippen molar-refractivity contribution in [3.8, 4) is 0 Å². The second-order valence-electron chi connectivity index (χ2n) is 5.18. The normalized spacial score (nSPS) is 23.4. The smallest absolute Gasteiger partial charge is 0.224 e. The van der Waals surface area contributed by atoms with Crippen LogP contribution in [-0.4, -0.2) is 24.2 Å². The molecule has 6 heteroatoms. The Bertz CT molecular complexity index is 540. The minimum atomic E-state index is -0.481. The molecule has 0 bridgehead atoms. The zero-order valence-electron chi connectivity index (χ0n) is 12.0. The molecule has 1 aromatic carbocycles. The summed E-state index contributed by atoms with van der Waals surface area (Å²) in [6.07, 6.45) is -0.0263. The number of aryl methyl sites for hydroxylation is 2. The number of hydrogen-bond donors (Lipinski definition) is 4. The molecule has 20 heavy (non-hydrogen) atoms. The Morgan fingerprint density at radius 3 is 2.80 bits per heavy atom. The lowest BCUT2D eigenvalue weighted by molar-refractivity contribution is -0.124. The van der Waals surface area contributed by atoms with Gasteiger partial charge in [-0.25, -0.2) is 4.99 Å². The third-order valence-corrected chi connectivity index (χ3v) is 3.28. The summed E-state index contributed by atoms with van der Waals surface area (Å²) in [7, 11) is 0. The van der Waals surface area contributed by atoms with E-state index < -0.39 is 6.29 Å². The summed E-state index contributed by atoms with van der Waals surface area (Å²) < 4.78 is 0. The van der Waals surface area contributed by atoms with Crippen molar-refractivity contribution in [3.63, 3.8) is 0 Å². The largest absolute Gasteiger partial charge is 0.370 e. The fourth-order valence-corrected chi connectivity index (χ4v) is 2.07. The minimum Gasteiger partial charge on any atom is -0.370 e. The van der Waals surface area contributed by atoms with Crippen LogP contribution in [0.25, 0.3) is 0 Å². The fraction of sp³-hybridized carbons (Fsp3) is 0.429. The number of nitrogens with zero attached hydrogens (tertiary/aromatic N) is 1. The highest BCUT2D eigenvalue weighted by Gasteiger charge is 2.22. The van der Waals surface area contributed by atoms with Gasteiger partial charge in [0.25, 0.3) is 0 Å². The molecular formula is C14H21N5O. The topological polar surface area (TPSA) is 91.5 Å². The average Bonchev–Trinajstić information content (AvgIpc) is 2.32. The molecule has 2 rings (SSSR count). The van der Waals surface area contributed by atoms with E-state index in [1.807, 2.05) is 32.0 Å². The molecule has 2 unspecified atom stereocenters. The van der Waals surface area contributed by atoms with Crippen molar-refractivity contribution in [2.75, 3.05) is 5.32 Å². The number of amides is 1. The van der Waals surface area contributed by atoms with Crippen molar-refractivity contribution < 1.29 is 4.79 Å². The molecule has 1 heterocycles. The van der Waals surface area contributed by atoms with Crippen molar-refractivity contribution in [3.05, 3.63) is 29.3 Å². The molecule has 1 fully saturated rings. The maximum absolute atomic E-state index is 11.4. The van der Waals surface area contributed by atoms with Gasteiger partial charge in [-0.05, 0) is 44.0 Å². The van der Waals surface area contributed by atoms with Crippen LogP contribution < -0.4 is 21.7 Å². The number of rotatable bonds is 2. The number of benzene rings is 1. The molecule has 1 saturated heterocycles. The van der Waals surface area contributed by atoms with Crippen LogP contribution in [0.1, 0.15) is 24.5 Å². The number of hydrogen-bond acceptors (Lipinski definition) is 3. The van der Waals surface area contributed by atoms with Gasteiger partial charge in [0.15, 0.2) is 12.2 Å². The van der Waals surface area contributed by atoms with Crippen molar-refractivity contribution >= 4 is 17.6 Å². The molecular weight excluding hydrogens is 254 g/mol. The zero-order chi connectivity index (χ0) is 14.7. The quantitative estimate of drug-likeness (QED) is 0.475. The molecule has 0 spiro atoms. The predicted molar refractivity (Wildman–Crippen MR) is 80.3 cm³/mol. The van der Waals surface area contributed by atoms with Gasteiger partial charge in [0.1, 0.15) is 0 Å². The first-order valence-electron chi connectivity index (χ1n) is 6.67. The van der Waals surface area contributed by atoms with E-state index in [-0.39, 0.29) is 17.9 Å². The van der Waals surface area contributed by atoms with Crippen molar-refractivity contribution in [1.29, 1.82) is 0 Å². The van der Waals surface area contributed by atoms with Gasteiger partial charge in [0, 0.05) is 18.2 Å². The molecule has 0 aromatic heterocycles. The summed E-state index contributed by atoms with van der Waals surface area (Å²) >= 11 is 0.